The molecular formula is C16H21NO4. The minimum absolute atomic E-state index is 0.0731. The van der Waals surface area contributed by atoms with Gasteiger partial charge in [-0.25, -0.2) is 9.59 Å². The molecule has 5 heteroatoms. The predicted molar refractivity (Wildman–Crippen MR) is 80.7 cm³/mol. The number of aliphatic carboxylic acids is 1. The first-order valence-corrected chi connectivity index (χ1v) is 6.76. The van der Waals surface area contributed by atoms with Crippen molar-refractivity contribution in [3.63, 3.8) is 0 Å². The summed E-state index contributed by atoms with van der Waals surface area (Å²) in [6, 6.07) is 0. The van der Waals surface area contributed by atoms with Crippen molar-refractivity contribution in [3.05, 3.63) is 47.2 Å². The van der Waals surface area contributed by atoms with Gasteiger partial charge in [0.25, 0.3) is 0 Å². The van der Waals surface area contributed by atoms with E-state index in [2.05, 4.69) is 5.32 Å². The Hall–Kier alpha value is -2.30. The van der Waals surface area contributed by atoms with Crippen molar-refractivity contribution in [3.8, 4) is 0 Å². The van der Waals surface area contributed by atoms with Gasteiger partial charge in [-0.1, -0.05) is 31.2 Å². The van der Waals surface area contributed by atoms with E-state index in [4.69, 9.17) is 4.74 Å². The maximum atomic E-state index is 11.9. The fourth-order valence-electron chi connectivity index (χ4n) is 1.79. The monoisotopic (exact) mass is 291 g/mol. The maximum Gasteiger partial charge on any atom is 0.412 e. The Bertz CT molecular complexity index is 545. The molecule has 2 N–H and O–H groups in total. The number of carbonyl (C=O) groups excluding carboxylic acids is 1. The zero-order valence-electron chi connectivity index (χ0n) is 12.8. The molecule has 0 heterocycles. The zero-order chi connectivity index (χ0) is 16.0. The van der Waals surface area contributed by atoms with Crippen molar-refractivity contribution >= 4 is 12.1 Å². The third-order valence-corrected chi connectivity index (χ3v) is 2.60. The second-order valence-electron chi connectivity index (χ2n) is 5.51. The zero-order valence-corrected chi connectivity index (χ0v) is 12.8. The molecular weight excluding hydrogens is 270 g/mol. The van der Waals surface area contributed by atoms with Crippen LogP contribution in [0.15, 0.2) is 47.2 Å². The minimum Gasteiger partial charge on any atom is -0.478 e. The number of hydrogen-bond acceptors (Lipinski definition) is 3. The highest BCUT2D eigenvalue weighted by atomic mass is 16.6. The number of allylic oxidation sites excluding steroid dienone is 6. The van der Waals surface area contributed by atoms with Crippen molar-refractivity contribution in [1.29, 1.82) is 0 Å². The lowest BCUT2D eigenvalue weighted by molar-refractivity contribution is -0.132. The average molecular weight is 291 g/mol. The Morgan fingerprint density at radius 2 is 1.90 bits per heavy atom. The summed E-state index contributed by atoms with van der Waals surface area (Å²) in [6.45, 7) is 7.09. The van der Waals surface area contributed by atoms with Crippen molar-refractivity contribution in [2.24, 2.45) is 0 Å². The van der Waals surface area contributed by atoms with Gasteiger partial charge in [-0.2, -0.15) is 0 Å². The normalized spacial score (nSPS) is 24.1. The van der Waals surface area contributed by atoms with Gasteiger partial charge in [-0.05, 0) is 38.8 Å². The standard InChI is InChI=1S/C16H21NO4/c1-5-11-9-7-6-8-10-12(13(11)14(18)19)17-15(20)21-16(2,3)4/h6-10H,5H2,1-4H3,(H,17,20)(H,18,19)/b7-6?,8-6-,9-7-,10-8?,11-9?,12-10-,13-11-,13-12?. The molecule has 0 saturated carbocycles. The molecule has 0 atom stereocenters. The topological polar surface area (TPSA) is 75.6 Å². The second-order valence-corrected chi connectivity index (χ2v) is 5.51. The number of alkyl carbamates (subject to hydrolysis) is 1. The minimum atomic E-state index is -1.09. The molecule has 1 rings (SSSR count). The quantitative estimate of drug-likeness (QED) is 0.836. The third kappa shape index (κ3) is 5.30. The summed E-state index contributed by atoms with van der Waals surface area (Å²) < 4.78 is 5.16. The Labute approximate surface area is 124 Å². The number of amides is 1. The largest absolute Gasteiger partial charge is 0.478 e. The molecule has 1 aliphatic carbocycles. The van der Waals surface area contributed by atoms with Gasteiger partial charge in [0, 0.05) is 0 Å². The summed E-state index contributed by atoms with van der Waals surface area (Å²) in [5.74, 6) is -1.09. The highest BCUT2D eigenvalue weighted by Gasteiger charge is 2.22. The van der Waals surface area contributed by atoms with Gasteiger partial charge >= 0.3 is 12.1 Å². The van der Waals surface area contributed by atoms with Gasteiger partial charge < -0.3 is 9.84 Å². The summed E-state index contributed by atoms with van der Waals surface area (Å²) in [7, 11) is 0. The molecule has 1 amide bonds. The molecule has 0 bridgehead atoms. The van der Waals surface area contributed by atoms with Crippen molar-refractivity contribution in [1.82, 2.24) is 5.32 Å². The molecule has 0 aromatic carbocycles. The van der Waals surface area contributed by atoms with Crippen LogP contribution >= 0.6 is 0 Å². The van der Waals surface area contributed by atoms with Gasteiger partial charge in [0.05, 0.1) is 11.3 Å². The molecule has 0 aromatic rings. The maximum absolute atomic E-state index is 11.9. The summed E-state index contributed by atoms with van der Waals surface area (Å²) in [4.78, 5) is 23.4. The smallest absolute Gasteiger partial charge is 0.412 e. The average Bonchev–Trinajstić information content (AvgIpc) is 2.29. The van der Waals surface area contributed by atoms with E-state index in [1.54, 1.807) is 51.2 Å². The molecule has 5 nitrogen and oxygen atoms in total. The van der Waals surface area contributed by atoms with E-state index in [1.165, 1.54) is 0 Å². The lowest BCUT2D eigenvalue weighted by Crippen LogP contribution is -2.33. The number of rotatable bonds is 3. The molecule has 0 aromatic heterocycles. The molecule has 1 aliphatic rings. The summed E-state index contributed by atoms with van der Waals surface area (Å²) in [5.41, 5.74) is 0.273. The van der Waals surface area contributed by atoms with Crippen LogP contribution in [0.2, 0.25) is 0 Å². The lowest BCUT2D eigenvalue weighted by atomic mass is 10.0. The van der Waals surface area contributed by atoms with Crippen LogP contribution < -0.4 is 5.32 Å². The van der Waals surface area contributed by atoms with E-state index >= 15 is 0 Å². The van der Waals surface area contributed by atoms with Gasteiger partial charge in [-0.15, -0.1) is 0 Å². The number of carboxylic acid groups (broad SMARTS) is 1. The molecule has 0 radical (unpaired) electrons. The van der Waals surface area contributed by atoms with Gasteiger partial charge in [-0.3, -0.25) is 5.32 Å². The summed E-state index contributed by atoms with van der Waals surface area (Å²) >= 11 is 0. The van der Waals surface area contributed by atoms with Crippen LogP contribution in [-0.2, 0) is 9.53 Å². The van der Waals surface area contributed by atoms with Crippen LogP contribution in [0.25, 0.3) is 0 Å². The van der Waals surface area contributed by atoms with E-state index in [9.17, 15) is 14.7 Å². The molecule has 0 fully saturated rings. The molecule has 0 unspecified atom stereocenters. The third-order valence-electron chi connectivity index (χ3n) is 2.60. The highest BCUT2D eigenvalue weighted by molar-refractivity contribution is 5.94. The second kappa shape index (κ2) is 6.92. The first kappa shape index (κ1) is 16.8. The fraction of sp³-hybridized carbons (Fsp3) is 0.375. The number of carbonyl (C=O) groups is 2. The lowest BCUT2D eigenvalue weighted by Gasteiger charge is -2.21. The summed E-state index contributed by atoms with van der Waals surface area (Å²) in [6.07, 6.45) is 8.34. The Balaban J connectivity index is 3.11. The SMILES string of the molecule is CCC1=C(C(=O)O)\C(NC(=O)OC(C)(C)C)=C\C=C/C=C\1. The van der Waals surface area contributed by atoms with Crippen LogP contribution in [0.4, 0.5) is 4.79 Å². The molecule has 0 saturated heterocycles. The van der Waals surface area contributed by atoms with Gasteiger partial charge in [0.2, 0.25) is 0 Å². The Morgan fingerprint density at radius 3 is 2.43 bits per heavy atom. The van der Waals surface area contributed by atoms with Crippen molar-refractivity contribution in [2.45, 2.75) is 39.7 Å². The van der Waals surface area contributed by atoms with E-state index in [0.717, 1.165) is 0 Å². The number of carboxylic acids is 1. The first-order chi connectivity index (χ1) is 9.74. The van der Waals surface area contributed by atoms with Gasteiger partial charge in [0.15, 0.2) is 0 Å². The van der Waals surface area contributed by atoms with E-state index < -0.39 is 17.7 Å². The molecule has 0 aliphatic heterocycles. The van der Waals surface area contributed by atoms with Crippen molar-refractivity contribution in [2.75, 3.05) is 0 Å². The van der Waals surface area contributed by atoms with Crippen LogP contribution in [0.1, 0.15) is 34.1 Å². The molecule has 0 spiro atoms. The number of ether oxygens (including phenoxy) is 1. The Morgan fingerprint density at radius 1 is 1.24 bits per heavy atom. The van der Waals surface area contributed by atoms with Crippen molar-refractivity contribution < 1.29 is 19.4 Å². The highest BCUT2D eigenvalue weighted by Crippen LogP contribution is 2.20. The molecule has 114 valence electrons. The van der Waals surface area contributed by atoms with Crippen LogP contribution in [0.3, 0.4) is 0 Å². The van der Waals surface area contributed by atoms with Crippen LogP contribution in [0.5, 0.6) is 0 Å². The van der Waals surface area contributed by atoms with E-state index in [0.29, 0.717) is 12.0 Å². The van der Waals surface area contributed by atoms with Crippen LogP contribution in [0, 0.1) is 0 Å². The summed E-state index contributed by atoms with van der Waals surface area (Å²) in [5, 5.41) is 11.9. The predicted octanol–water partition coefficient (Wildman–Crippen LogP) is 3.31. The first-order valence-electron chi connectivity index (χ1n) is 6.76. The number of nitrogens with one attached hydrogen (secondary N) is 1. The van der Waals surface area contributed by atoms with E-state index in [-0.39, 0.29) is 11.3 Å². The fourth-order valence-corrected chi connectivity index (χ4v) is 1.79. The van der Waals surface area contributed by atoms with E-state index in [1.807, 2.05) is 6.92 Å². The Kier molecular flexibility index (Phi) is 5.52. The number of hydrogen-bond donors (Lipinski definition) is 2. The van der Waals surface area contributed by atoms with Gasteiger partial charge in [0.1, 0.15) is 5.60 Å². The van der Waals surface area contributed by atoms with Crippen LogP contribution in [-0.4, -0.2) is 22.8 Å². The molecule has 21 heavy (non-hydrogen) atoms.